The molecule has 4 aromatic rings. The molecule has 7 nitrogen and oxygen atoms in total. The SMILES string of the molecule is O=C(c1cc(-c2ccccc2)on1)N(CCCN1CCOCC1)c1nc2c(F)cccc2s1. The lowest BCUT2D eigenvalue weighted by Gasteiger charge is -2.27. The minimum atomic E-state index is -0.400. The van der Waals surface area contributed by atoms with Gasteiger partial charge in [0.25, 0.3) is 5.91 Å². The molecule has 0 bridgehead atoms. The lowest BCUT2D eigenvalue weighted by Crippen LogP contribution is -2.39. The molecular formula is C24H23FN4O3S. The number of nitrogens with zero attached hydrogens (tertiary/aromatic N) is 4. The zero-order chi connectivity index (χ0) is 22.6. The number of carbonyl (C=O) groups is 1. The number of thiazole rings is 1. The van der Waals surface area contributed by atoms with Crippen LogP contribution < -0.4 is 4.90 Å². The first kappa shape index (κ1) is 21.7. The molecule has 2 aromatic heterocycles. The first-order chi connectivity index (χ1) is 16.2. The van der Waals surface area contributed by atoms with E-state index in [1.807, 2.05) is 30.3 Å². The fourth-order valence-corrected chi connectivity index (χ4v) is 4.84. The third-order valence-corrected chi connectivity index (χ3v) is 6.63. The van der Waals surface area contributed by atoms with Crippen LogP contribution in [0, 0.1) is 5.82 Å². The van der Waals surface area contributed by atoms with Crippen molar-refractivity contribution < 1.29 is 18.4 Å². The maximum Gasteiger partial charge on any atom is 0.282 e. The fourth-order valence-electron chi connectivity index (χ4n) is 3.83. The van der Waals surface area contributed by atoms with Crippen LogP contribution >= 0.6 is 11.3 Å². The molecule has 1 saturated heterocycles. The second-order valence-electron chi connectivity index (χ2n) is 7.79. The van der Waals surface area contributed by atoms with E-state index in [0.29, 0.717) is 22.1 Å². The molecule has 1 aliphatic rings. The molecule has 3 heterocycles. The summed E-state index contributed by atoms with van der Waals surface area (Å²) in [5.41, 5.74) is 1.30. The third kappa shape index (κ3) is 4.80. The average Bonchev–Trinajstić information content (AvgIpc) is 3.51. The minimum Gasteiger partial charge on any atom is -0.379 e. The monoisotopic (exact) mass is 466 g/mol. The summed E-state index contributed by atoms with van der Waals surface area (Å²) in [6.45, 7) is 4.47. The van der Waals surface area contributed by atoms with Gasteiger partial charge < -0.3 is 9.26 Å². The number of hydrogen-bond donors (Lipinski definition) is 0. The highest BCUT2D eigenvalue weighted by atomic mass is 32.1. The zero-order valence-electron chi connectivity index (χ0n) is 17.9. The Bertz CT molecular complexity index is 1240. The van der Waals surface area contributed by atoms with Crippen LogP contribution in [0.25, 0.3) is 21.5 Å². The fraction of sp³-hybridized carbons (Fsp3) is 0.292. The topological polar surface area (TPSA) is 71.7 Å². The largest absolute Gasteiger partial charge is 0.379 e. The number of amides is 1. The Morgan fingerprint density at radius 1 is 1.12 bits per heavy atom. The number of halogens is 1. The van der Waals surface area contributed by atoms with E-state index in [2.05, 4.69) is 15.0 Å². The summed E-state index contributed by atoms with van der Waals surface area (Å²) in [6.07, 6.45) is 0.744. The number of aromatic nitrogens is 2. The maximum atomic E-state index is 14.3. The van der Waals surface area contributed by atoms with Crippen molar-refractivity contribution in [3.8, 4) is 11.3 Å². The van der Waals surface area contributed by atoms with Gasteiger partial charge in [-0.05, 0) is 18.6 Å². The van der Waals surface area contributed by atoms with Crippen LogP contribution in [0.4, 0.5) is 9.52 Å². The van der Waals surface area contributed by atoms with Gasteiger partial charge in [0.05, 0.1) is 17.9 Å². The molecule has 9 heteroatoms. The molecule has 0 saturated carbocycles. The van der Waals surface area contributed by atoms with Crippen LogP contribution in [0.5, 0.6) is 0 Å². The summed E-state index contributed by atoms with van der Waals surface area (Å²) in [4.78, 5) is 21.8. The summed E-state index contributed by atoms with van der Waals surface area (Å²) in [7, 11) is 0. The number of fused-ring (bicyclic) bond motifs is 1. The summed E-state index contributed by atoms with van der Waals surface area (Å²) in [6, 6.07) is 16.0. The lowest BCUT2D eigenvalue weighted by atomic mass is 10.1. The Balaban J connectivity index is 1.40. The Morgan fingerprint density at radius 2 is 1.94 bits per heavy atom. The van der Waals surface area contributed by atoms with Gasteiger partial charge in [-0.25, -0.2) is 9.37 Å². The van der Waals surface area contributed by atoms with E-state index in [1.54, 1.807) is 23.1 Å². The van der Waals surface area contributed by atoms with E-state index in [1.165, 1.54) is 17.4 Å². The smallest absolute Gasteiger partial charge is 0.282 e. The van der Waals surface area contributed by atoms with E-state index in [-0.39, 0.29) is 17.1 Å². The van der Waals surface area contributed by atoms with Gasteiger partial charge in [-0.1, -0.05) is 52.9 Å². The molecule has 0 spiro atoms. The van der Waals surface area contributed by atoms with Gasteiger partial charge in [-0.3, -0.25) is 14.6 Å². The quantitative estimate of drug-likeness (QED) is 0.401. The molecule has 33 heavy (non-hydrogen) atoms. The predicted molar refractivity (Wildman–Crippen MR) is 125 cm³/mol. The molecule has 0 N–H and O–H groups in total. The Kier molecular flexibility index (Phi) is 6.43. The first-order valence-corrected chi connectivity index (χ1v) is 11.7. The first-order valence-electron chi connectivity index (χ1n) is 10.9. The third-order valence-electron chi connectivity index (χ3n) is 5.58. The van der Waals surface area contributed by atoms with Gasteiger partial charge in [-0.15, -0.1) is 0 Å². The molecule has 2 aromatic carbocycles. The molecule has 170 valence electrons. The highest BCUT2D eigenvalue weighted by molar-refractivity contribution is 7.22. The highest BCUT2D eigenvalue weighted by Gasteiger charge is 2.25. The normalized spacial score (nSPS) is 14.6. The molecule has 0 radical (unpaired) electrons. The number of anilines is 1. The second kappa shape index (κ2) is 9.78. The van der Waals surface area contributed by atoms with E-state index in [9.17, 15) is 9.18 Å². The average molecular weight is 467 g/mol. The number of carbonyl (C=O) groups excluding carboxylic acids is 1. The van der Waals surface area contributed by atoms with Crippen LogP contribution in [0.1, 0.15) is 16.9 Å². The van der Waals surface area contributed by atoms with Crippen LogP contribution in [0.2, 0.25) is 0 Å². The summed E-state index contributed by atoms with van der Waals surface area (Å²) >= 11 is 1.29. The number of ether oxygens (including phenoxy) is 1. The zero-order valence-corrected chi connectivity index (χ0v) is 18.8. The summed E-state index contributed by atoms with van der Waals surface area (Å²) in [5, 5.41) is 4.47. The van der Waals surface area contributed by atoms with Crippen molar-refractivity contribution in [1.29, 1.82) is 0 Å². The van der Waals surface area contributed by atoms with Crippen LogP contribution in [0.15, 0.2) is 59.1 Å². The van der Waals surface area contributed by atoms with E-state index in [4.69, 9.17) is 9.26 Å². The van der Waals surface area contributed by atoms with Gasteiger partial charge in [-0.2, -0.15) is 0 Å². The predicted octanol–water partition coefficient (Wildman–Crippen LogP) is 4.46. The minimum absolute atomic E-state index is 0.194. The van der Waals surface area contributed by atoms with Crippen molar-refractivity contribution in [3.05, 3.63) is 66.1 Å². The second-order valence-corrected chi connectivity index (χ2v) is 8.80. The number of benzene rings is 2. The molecule has 1 aliphatic heterocycles. The number of rotatable bonds is 7. The van der Waals surface area contributed by atoms with E-state index >= 15 is 0 Å². The van der Waals surface area contributed by atoms with Gasteiger partial charge in [0.1, 0.15) is 11.3 Å². The number of hydrogen-bond acceptors (Lipinski definition) is 7. The van der Waals surface area contributed by atoms with Gasteiger partial charge in [0.2, 0.25) is 0 Å². The van der Waals surface area contributed by atoms with Gasteiger partial charge in [0.15, 0.2) is 16.6 Å². The van der Waals surface area contributed by atoms with E-state index in [0.717, 1.165) is 44.8 Å². The van der Waals surface area contributed by atoms with Crippen LogP contribution in [-0.2, 0) is 4.74 Å². The number of morpholine rings is 1. The summed E-state index contributed by atoms with van der Waals surface area (Å²) < 4.78 is 25.8. The molecule has 1 fully saturated rings. The van der Waals surface area contributed by atoms with E-state index < -0.39 is 5.82 Å². The number of para-hydroxylation sites is 1. The Hall–Kier alpha value is -3.14. The van der Waals surface area contributed by atoms with Crippen LogP contribution in [-0.4, -0.2) is 60.3 Å². The Labute approximate surface area is 194 Å². The maximum absolute atomic E-state index is 14.3. The van der Waals surface area contributed by atoms with Gasteiger partial charge in [0, 0.05) is 37.8 Å². The van der Waals surface area contributed by atoms with Crippen LogP contribution in [0.3, 0.4) is 0 Å². The highest BCUT2D eigenvalue weighted by Crippen LogP contribution is 2.31. The summed E-state index contributed by atoms with van der Waals surface area (Å²) in [5.74, 6) is -0.201. The van der Waals surface area contributed by atoms with Crippen molar-refractivity contribution in [1.82, 2.24) is 15.0 Å². The molecule has 5 rings (SSSR count). The molecule has 0 unspecified atom stereocenters. The molecule has 1 amide bonds. The van der Waals surface area contributed by atoms with Crippen molar-refractivity contribution >= 4 is 32.6 Å². The van der Waals surface area contributed by atoms with Crippen molar-refractivity contribution in [2.75, 3.05) is 44.3 Å². The van der Waals surface area contributed by atoms with Crippen molar-refractivity contribution in [3.63, 3.8) is 0 Å². The Morgan fingerprint density at radius 3 is 2.73 bits per heavy atom. The standard InChI is InChI=1S/C24H23FN4O3S/c25-18-8-4-9-21-22(18)26-24(33-21)29(11-5-10-28-12-14-31-15-13-28)23(30)19-16-20(32-27-19)17-6-2-1-3-7-17/h1-4,6-9,16H,5,10-15H2. The molecular weight excluding hydrogens is 443 g/mol. The molecule has 0 aliphatic carbocycles. The van der Waals surface area contributed by atoms with Crippen molar-refractivity contribution in [2.24, 2.45) is 0 Å². The van der Waals surface area contributed by atoms with Crippen molar-refractivity contribution in [2.45, 2.75) is 6.42 Å². The van der Waals surface area contributed by atoms with Gasteiger partial charge >= 0.3 is 0 Å². The molecule has 0 atom stereocenters. The lowest BCUT2D eigenvalue weighted by molar-refractivity contribution is 0.0376.